The minimum absolute atomic E-state index is 0.0299. The highest BCUT2D eigenvalue weighted by atomic mass is 16.5. The van der Waals surface area contributed by atoms with Gasteiger partial charge >= 0.3 is 11.9 Å². The summed E-state index contributed by atoms with van der Waals surface area (Å²) in [5, 5.41) is 20.9. The number of carboxylic acid groups (broad SMARTS) is 2. The topological polar surface area (TPSA) is 110 Å². The molecule has 4 rings (SSSR count). The molecule has 1 aromatic carbocycles. The molecule has 1 saturated carbocycles. The highest BCUT2D eigenvalue weighted by molar-refractivity contribution is 5.84. The molecule has 6 nitrogen and oxygen atoms in total. The molecular weight excluding hydrogens is 334 g/mol. The Labute approximate surface area is 149 Å². The lowest BCUT2D eigenvalue weighted by Gasteiger charge is -2.29. The lowest BCUT2D eigenvalue weighted by molar-refractivity contribution is -0.145. The van der Waals surface area contributed by atoms with Crippen molar-refractivity contribution in [3.05, 3.63) is 58.2 Å². The SMILES string of the molecule is NC(CC1=C2OC=c3ccccc3=C2CC=C1)(C(=O)O)C1CC1C(=O)O. The third kappa shape index (κ3) is 2.54. The van der Waals surface area contributed by atoms with Gasteiger partial charge in [0.1, 0.15) is 11.3 Å². The molecule has 3 atom stereocenters. The van der Waals surface area contributed by atoms with Gasteiger partial charge in [0.25, 0.3) is 0 Å². The molecular formula is C20H19NO5. The number of rotatable bonds is 5. The first kappa shape index (κ1) is 16.6. The van der Waals surface area contributed by atoms with Crippen molar-refractivity contribution in [3.8, 4) is 0 Å². The van der Waals surface area contributed by atoms with Crippen molar-refractivity contribution in [2.45, 2.75) is 24.8 Å². The number of ether oxygens (including phenoxy) is 1. The van der Waals surface area contributed by atoms with Crippen molar-refractivity contribution >= 4 is 23.8 Å². The first-order chi connectivity index (χ1) is 12.4. The third-order valence-electron chi connectivity index (χ3n) is 5.45. The summed E-state index contributed by atoms with van der Waals surface area (Å²) in [4.78, 5) is 23.1. The van der Waals surface area contributed by atoms with E-state index in [1.165, 1.54) is 0 Å². The summed E-state index contributed by atoms with van der Waals surface area (Å²) in [5.74, 6) is -2.82. The molecule has 3 aliphatic rings. The maximum Gasteiger partial charge on any atom is 0.324 e. The van der Waals surface area contributed by atoms with Crippen molar-refractivity contribution < 1.29 is 24.5 Å². The van der Waals surface area contributed by atoms with Crippen LogP contribution in [0.15, 0.2) is 47.7 Å². The second-order valence-corrected chi connectivity index (χ2v) is 7.07. The number of hydrogen-bond acceptors (Lipinski definition) is 4. The van der Waals surface area contributed by atoms with Crippen LogP contribution >= 0.6 is 0 Å². The Hall–Kier alpha value is -2.86. The summed E-state index contributed by atoms with van der Waals surface area (Å²) in [5.41, 5.74) is 6.28. The Kier molecular flexibility index (Phi) is 3.73. The van der Waals surface area contributed by atoms with Crippen LogP contribution in [0.2, 0.25) is 0 Å². The van der Waals surface area contributed by atoms with E-state index >= 15 is 0 Å². The van der Waals surface area contributed by atoms with Gasteiger partial charge in [-0.2, -0.15) is 0 Å². The first-order valence-corrected chi connectivity index (χ1v) is 8.52. The number of carboxylic acids is 2. The Morgan fingerprint density at radius 3 is 2.73 bits per heavy atom. The lowest BCUT2D eigenvalue weighted by atomic mass is 9.82. The summed E-state index contributed by atoms with van der Waals surface area (Å²) in [6, 6.07) is 7.85. The molecule has 0 radical (unpaired) electrons. The third-order valence-corrected chi connectivity index (χ3v) is 5.45. The lowest BCUT2D eigenvalue weighted by Crippen LogP contribution is -2.51. The van der Waals surface area contributed by atoms with Crippen LogP contribution in [0.5, 0.6) is 0 Å². The highest BCUT2D eigenvalue weighted by Crippen LogP contribution is 2.48. The fraction of sp³-hybridized carbons (Fsp3) is 0.300. The maximum absolute atomic E-state index is 11.9. The molecule has 2 aliphatic carbocycles. The average molecular weight is 353 g/mol. The van der Waals surface area contributed by atoms with Crippen molar-refractivity contribution in [2.75, 3.05) is 0 Å². The van der Waals surface area contributed by atoms with E-state index in [0.29, 0.717) is 17.8 Å². The highest BCUT2D eigenvalue weighted by Gasteiger charge is 2.58. The van der Waals surface area contributed by atoms with Crippen LogP contribution in [-0.4, -0.2) is 27.7 Å². The average Bonchev–Trinajstić information content (AvgIpc) is 3.43. The van der Waals surface area contributed by atoms with E-state index in [0.717, 1.165) is 16.0 Å². The number of aliphatic carboxylic acids is 2. The van der Waals surface area contributed by atoms with Crippen molar-refractivity contribution in [2.24, 2.45) is 17.6 Å². The second kappa shape index (κ2) is 5.85. The van der Waals surface area contributed by atoms with Gasteiger partial charge in [0, 0.05) is 23.1 Å². The van der Waals surface area contributed by atoms with Crippen LogP contribution in [0, 0.1) is 11.8 Å². The molecule has 1 aromatic rings. The number of nitrogens with two attached hydrogens (primary N) is 1. The fourth-order valence-corrected chi connectivity index (χ4v) is 3.91. The molecule has 6 heteroatoms. The van der Waals surface area contributed by atoms with Crippen molar-refractivity contribution in [3.63, 3.8) is 0 Å². The largest absolute Gasteiger partial charge is 0.481 e. The summed E-state index contributed by atoms with van der Waals surface area (Å²) in [7, 11) is 0. The zero-order valence-corrected chi connectivity index (χ0v) is 14.0. The molecule has 0 saturated heterocycles. The zero-order chi connectivity index (χ0) is 18.5. The summed E-state index contributed by atoms with van der Waals surface area (Å²) < 4.78 is 5.82. The van der Waals surface area contributed by atoms with E-state index in [-0.39, 0.29) is 12.8 Å². The van der Waals surface area contributed by atoms with Gasteiger partial charge in [0.2, 0.25) is 0 Å². The summed E-state index contributed by atoms with van der Waals surface area (Å²) in [6.07, 6.45) is 6.46. The fourth-order valence-electron chi connectivity index (χ4n) is 3.91. The summed E-state index contributed by atoms with van der Waals surface area (Å²) >= 11 is 0. The van der Waals surface area contributed by atoms with Gasteiger partial charge in [-0.1, -0.05) is 36.4 Å². The molecule has 0 bridgehead atoms. The number of fused-ring (bicyclic) bond motifs is 2. The van der Waals surface area contributed by atoms with Gasteiger partial charge in [0.05, 0.1) is 12.2 Å². The van der Waals surface area contributed by atoms with E-state index in [1.54, 1.807) is 6.26 Å². The zero-order valence-electron chi connectivity index (χ0n) is 14.0. The van der Waals surface area contributed by atoms with E-state index in [2.05, 4.69) is 0 Å². The van der Waals surface area contributed by atoms with Crippen LogP contribution in [0.1, 0.15) is 19.3 Å². The van der Waals surface area contributed by atoms with Gasteiger partial charge in [-0.15, -0.1) is 0 Å². The smallest absolute Gasteiger partial charge is 0.324 e. The normalized spacial score (nSPS) is 25.3. The molecule has 1 fully saturated rings. The molecule has 26 heavy (non-hydrogen) atoms. The van der Waals surface area contributed by atoms with E-state index in [9.17, 15) is 14.7 Å². The summed E-state index contributed by atoms with van der Waals surface area (Å²) in [6.45, 7) is 0. The van der Waals surface area contributed by atoms with Gasteiger partial charge in [-0.25, -0.2) is 0 Å². The second-order valence-electron chi connectivity index (χ2n) is 7.07. The van der Waals surface area contributed by atoms with Gasteiger partial charge in [-0.05, 0) is 23.6 Å². The molecule has 4 N–H and O–H groups in total. The van der Waals surface area contributed by atoms with Gasteiger partial charge in [0.15, 0.2) is 0 Å². The van der Waals surface area contributed by atoms with Crippen LogP contribution < -0.4 is 16.2 Å². The number of benzene rings is 1. The van der Waals surface area contributed by atoms with Gasteiger partial charge < -0.3 is 20.7 Å². The Balaban J connectivity index is 1.75. The maximum atomic E-state index is 11.9. The molecule has 1 heterocycles. The standard InChI is InChI=1S/C20H19NO5/c21-20(19(24)25,16-8-15(16)18(22)23)9-11-5-3-7-14-13-6-2-1-4-12(13)10-26-17(11)14/h1-6,10,15-16H,7-9,21H2,(H,22,23)(H,24,25). The molecule has 134 valence electrons. The Morgan fingerprint density at radius 1 is 1.27 bits per heavy atom. The molecule has 3 unspecified atom stereocenters. The van der Waals surface area contributed by atoms with Crippen LogP contribution in [0.25, 0.3) is 11.8 Å². The van der Waals surface area contributed by atoms with Crippen molar-refractivity contribution in [1.29, 1.82) is 0 Å². The van der Waals surface area contributed by atoms with Crippen LogP contribution in [0.4, 0.5) is 0 Å². The van der Waals surface area contributed by atoms with Crippen LogP contribution in [-0.2, 0) is 14.3 Å². The van der Waals surface area contributed by atoms with E-state index in [4.69, 9.17) is 15.6 Å². The molecule has 0 amide bonds. The Bertz CT molecular complexity index is 990. The quantitative estimate of drug-likeness (QED) is 0.719. The monoisotopic (exact) mass is 353 g/mol. The number of hydrogen-bond donors (Lipinski definition) is 3. The predicted octanol–water partition coefficient (Wildman–Crippen LogP) is 0.712. The minimum atomic E-state index is -1.63. The van der Waals surface area contributed by atoms with E-state index in [1.807, 2.05) is 36.4 Å². The van der Waals surface area contributed by atoms with Crippen molar-refractivity contribution in [1.82, 2.24) is 0 Å². The molecule has 0 spiro atoms. The van der Waals surface area contributed by atoms with Gasteiger partial charge in [-0.3, -0.25) is 9.59 Å². The molecule has 1 aliphatic heterocycles. The van der Waals surface area contributed by atoms with Crippen LogP contribution in [0.3, 0.4) is 0 Å². The minimum Gasteiger partial charge on any atom is -0.481 e. The predicted molar refractivity (Wildman–Crippen MR) is 93.8 cm³/mol. The Morgan fingerprint density at radius 2 is 2.04 bits per heavy atom. The first-order valence-electron chi connectivity index (χ1n) is 8.52. The van der Waals surface area contributed by atoms with E-state index < -0.39 is 29.3 Å². The number of allylic oxidation sites excluding steroid dienone is 3. The number of carbonyl (C=O) groups is 2. The molecule has 0 aromatic heterocycles.